The van der Waals surface area contributed by atoms with Gasteiger partial charge in [-0.25, -0.2) is 4.79 Å². The average Bonchev–Trinajstić information content (AvgIpc) is 3.40. The summed E-state index contributed by atoms with van der Waals surface area (Å²) in [5.74, 6) is 1.50. The van der Waals surface area contributed by atoms with Crippen molar-refractivity contribution in [1.82, 2.24) is 9.55 Å². The predicted octanol–water partition coefficient (Wildman–Crippen LogP) is 5.11. The second kappa shape index (κ2) is 13.1. The zero-order chi connectivity index (χ0) is 29.7. The quantitative estimate of drug-likeness (QED) is 0.136. The Hall–Kier alpha value is -3.73. The average molecular weight is 609 g/mol. The van der Waals surface area contributed by atoms with Gasteiger partial charge < -0.3 is 24.7 Å². The van der Waals surface area contributed by atoms with Crippen molar-refractivity contribution in [3.05, 3.63) is 118 Å². The highest BCUT2D eigenvalue weighted by Gasteiger charge is 2.45. The molecule has 0 saturated carbocycles. The van der Waals surface area contributed by atoms with Gasteiger partial charge in [-0.2, -0.15) is 4.98 Å². The van der Waals surface area contributed by atoms with Crippen molar-refractivity contribution in [1.29, 1.82) is 0 Å². The minimum Gasteiger partial charge on any atom is -0.497 e. The van der Waals surface area contributed by atoms with Crippen LogP contribution in [0.25, 0.3) is 0 Å². The molecule has 0 radical (unpaired) electrons. The second-order valence-corrected chi connectivity index (χ2v) is 11.3. The highest BCUT2D eigenvalue weighted by Crippen LogP contribution is 2.44. The number of benzene rings is 3. The summed E-state index contributed by atoms with van der Waals surface area (Å²) in [5.41, 5.74) is 6.55. The summed E-state index contributed by atoms with van der Waals surface area (Å²) < 4.78 is 43.1. The van der Waals surface area contributed by atoms with E-state index in [1.807, 2.05) is 78.9 Å². The molecule has 1 aromatic heterocycles. The van der Waals surface area contributed by atoms with E-state index < -0.39 is 37.0 Å². The molecule has 4 atom stereocenters. The van der Waals surface area contributed by atoms with Crippen LogP contribution in [0.1, 0.15) is 29.3 Å². The van der Waals surface area contributed by atoms with Gasteiger partial charge in [-0.3, -0.25) is 4.57 Å². The van der Waals surface area contributed by atoms with E-state index in [-0.39, 0.29) is 18.8 Å². The van der Waals surface area contributed by atoms with Crippen molar-refractivity contribution in [3.8, 4) is 11.5 Å². The van der Waals surface area contributed by atoms with Gasteiger partial charge in [0, 0.05) is 12.6 Å². The summed E-state index contributed by atoms with van der Waals surface area (Å²) >= 11 is 3.97. The Balaban J connectivity index is 1.57. The molecule has 0 aliphatic carbocycles. The van der Waals surface area contributed by atoms with Crippen LogP contribution in [-0.2, 0) is 24.2 Å². The van der Waals surface area contributed by atoms with Gasteiger partial charge in [0.2, 0.25) is 0 Å². The van der Waals surface area contributed by atoms with Gasteiger partial charge in [0.15, 0.2) is 0 Å². The van der Waals surface area contributed by atoms with Crippen LogP contribution in [0.3, 0.4) is 0 Å². The van der Waals surface area contributed by atoms with Crippen molar-refractivity contribution < 1.29 is 28.0 Å². The van der Waals surface area contributed by atoms with Gasteiger partial charge in [0.05, 0.1) is 20.8 Å². The van der Waals surface area contributed by atoms with E-state index in [1.165, 1.54) is 16.8 Å². The molecule has 42 heavy (non-hydrogen) atoms. The summed E-state index contributed by atoms with van der Waals surface area (Å²) in [6.07, 6.45) is -0.379. The summed E-state index contributed by atoms with van der Waals surface area (Å²) in [6.45, 7) is 0.0161. The van der Waals surface area contributed by atoms with Gasteiger partial charge in [-0.1, -0.05) is 54.6 Å². The third kappa shape index (κ3) is 6.21. The third-order valence-electron chi connectivity index (χ3n) is 7.21. The van der Waals surface area contributed by atoms with Crippen LogP contribution >= 0.6 is 19.5 Å². The summed E-state index contributed by atoms with van der Waals surface area (Å²) in [4.78, 5) is 16.4. The van der Waals surface area contributed by atoms with E-state index in [0.29, 0.717) is 11.5 Å². The fourth-order valence-electron chi connectivity index (χ4n) is 5.17. The molecule has 1 fully saturated rings. The van der Waals surface area contributed by atoms with Crippen LogP contribution in [0.5, 0.6) is 11.5 Å². The standard InChI is InChI=1S/C30H30N3O7PS/c1-36-23-12-8-21(9-13-23)30(20-6-4-3-5-7-20,22-10-14-24(37-2)15-11-22)38-19-26-25(40-41(35)42)18-28(39-26)33-17-16-27(31)32-29(33)34/h3-17,25-26,28H,18-19H2,1-2H3,(H2-,31,32,34,35,42)/p+1/t25-,26+,28+/m0/s1. The van der Waals surface area contributed by atoms with Crippen LogP contribution < -0.4 is 20.9 Å². The number of anilines is 1. The first-order valence-corrected chi connectivity index (χ1v) is 15.5. The lowest BCUT2D eigenvalue weighted by Gasteiger charge is -2.37. The zero-order valence-electron chi connectivity index (χ0n) is 23.0. The van der Waals surface area contributed by atoms with Crippen molar-refractivity contribution in [2.75, 3.05) is 26.6 Å². The number of nitrogen functional groups attached to an aromatic ring is 1. The molecule has 0 spiro atoms. The number of methoxy groups -OCH3 is 2. The lowest BCUT2D eigenvalue weighted by molar-refractivity contribution is -0.0908. The Morgan fingerprint density at radius 1 is 0.952 bits per heavy atom. The zero-order valence-corrected chi connectivity index (χ0v) is 24.8. The Kier molecular flexibility index (Phi) is 9.25. The van der Waals surface area contributed by atoms with Gasteiger partial charge in [0.1, 0.15) is 53.6 Å². The number of nitrogens with two attached hydrogens (primary N) is 1. The molecule has 4 aromatic rings. The molecule has 3 aromatic carbocycles. The minimum absolute atomic E-state index is 0.0161. The summed E-state index contributed by atoms with van der Waals surface area (Å²) in [6, 6.07) is 26.6. The largest absolute Gasteiger partial charge is 0.582 e. The first-order valence-electron chi connectivity index (χ1n) is 13.2. The molecule has 218 valence electrons. The topological polar surface area (TPSA) is 124 Å². The van der Waals surface area contributed by atoms with Crippen LogP contribution in [0.2, 0.25) is 0 Å². The Labute approximate surface area is 249 Å². The molecular formula is C30H31N3O7PS+. The molecular weight excluding hydrogens is 577 g/mol. The maximum absolute atomic E-state index is 12.6. The number of rotatable bonds is 11. The van der Waals surface area contributed by atoms with Crippen LogP contribution in [0, 0.1) is 0 Å². The van der Waals surface area contributed by atoms with Crippen molar-refractivity contribution in [2.24, 2.45) is 0 Å². The molecule has 2 heterocycles. The molecule has 1 unspecified atom stereocenters. The first kappa shape index (κ1) is 29.8. The highest BCUT2D eigenvalue weighted by molar-refractivity contribution is 8.39. The van der Waals surface area contributed by atoms with Crippen molar-refractivity contribution >= 4 is 25.3 Å². The molecule has 12 heteroatoms. The summed E-state index contributed by atoms with van der Waals surface area (Å²) in [7, 11) is 0.963. The normalized spacial score (nSPS) is 18.9. The molecule has 5 rings (SSSR count). The molecule has 0 bridgehead atoms. The van der Waals surface area contributed by atoms with Gasteiger partial charge >= 0.3 is 12.9 Å². The monoisotopic (exact) mass is 608 g/mol. The fourth-order valence-corrected chi connectivity index (χ4v) is 5.99. The number of ether oxygens (including phenoxy) is 4. The number of hydrogen-bond acceptors (Lipinski definition) is 9. The van der Waals surface area contributed by atoms with Gasteiger partial charge in [0.25, 0.3) is 0 Å². The van der Waals surface area contributed by atoms with E-state index in [9.17, 15) is 9.36 Å². The van der Waals surface area contributed by atoms with Crippen LogP contribution in [0.4, 0.5) is 5.82 Å². The molecule has 1 saturated heterocycles. The molecule has 1 aliphatic heterocycles. The number of thiol groups is 1. The van der Waals surface area contributed by atoms with Gasteiger partial charge in [-0.15, -0.1) is 4.52 Å². The van der Waals surface area contributed by atoms with E-state index >= 15 is 0 Å². The van der Waals surface area contributed by atoms with E-state index in [0.717, 1.165) is 16.7 Å². The van der Waals surface area contributed by atoms with Gasteiger partial charge in [-0.05, 0) is 51.6 Å². The smallest absolute Gasteiger partial charge is 0.497 e. The third-order valence-corrected chi connectivity index (χ3v) is 7.94. The maximum atomic E-state index is 12.6. The maximum Gasteiger partial charge on any atom is 0.582 e. The second-order valence-electron chi connectivity index (χ2n) is 9.60. The fraction of sp³-hybridized carbons (Fsp3) is 0.267. The molecule has 0 amide bonds. The lowest BCUT2D eigenvalue weighted by atomic mass is 9.80. The molecule has 10 nitrogen and oxygen atoms in total. The number of hydrogen-bond donors (Lipinski definition) is 2. The molecule has 1 aliphatic rings. The van der Waals surface area contributed by atoms with E-state index in [2.05, 4.69) is 17.2 Å². The highest BCUT2D eigenvalue weighted by atomic mass is 32.7. The predicted molar refractivity (Wildman–Crippen MR) is 161 cm³/mol. The van der Waals surface area contributed by atoms with E-state index in [4.69, 9.17) is 29.2 Å². The van der Waals surface area contributed by atoms with Crippen LogP contribution in [0.15, 0.2) is 95.9 Å². The van der Waals surface area contributed by atoms with E-state index in [1.54, 1.807) is 14.2 Å². The lowest BCUT2D eigenvalue weighted by Crippen LogP contribution is -2.38. The van der Waals surface area contributed by atoms with Crippen molar-refractivity contribution in [3.63, 3.8) is 0 Å². The number of nitrogens with zero attached hydrogens (tertiary/aromatic N) is 2. The molecule has 2 N–H and O–H groups in total. The number of aromatic nitrogens is 2. The first-order chi connectivity index (χ1) is 20.3. The Morgan fingerprint density at radius 3 is 2.05 bits per heavy atom. The summed E-state index contributed by atoms with van der Waals surface area (Å²) in [5, 5.41) is 0. The minimum atomic E-state index is -2.26. The van der Waals surface area contributed by atoms with Crippen molar-refractivity contribution in [2.45, 2.75) is 30.5 Å². The van der Waals surface area contributed by atoms with Crippen LogP contribution in [-0.4, -0.2) is 42.6 Å². The SMILES string of the molecule is COc1ccc(C(OC[C@H]2O[C@@H](n3ccc(N)nc3=O)C[C@@H]2O[P+](=O)S)(c2ccccc2)c2ccc(OC)cc2)cc1. The Morgan fingerprint density at radius 2 is 1.52 bits per heavy atom. The Bertz CT molecular complexity index is 1520.